The quantitative estimate of drug-likeness (QED) is 0.775. The second-order valence-electron chi connectivity index (χ2n) is 5.60. The Labute approximate surface area is 140 Å². The van der Waals surface area contributed by atoms with Gasteiger partial charge in [-0.05, 0) is 12.5 Å². The number of carbonyl (C=O) groups excluding carboxylic acids is 1. The number of halogens is 3. The largest absolute Gasteiger partial charge is 0.405 e. The Morgan fingerprint density at radius 1 is 1.40 bits per heavy atom. The molecule has 1 aliphatic carbocycles. The molecule has 2 aromatic rings. The first kappa shape index (κ1) is 16.8. The number of nitrogens with two attached hydrogens (primary N) is 2. The van der Waals surface area contributed by atoms with E-state index < -0.39 is 18.6 Å². The van der Waals surface area contributed by atoms with Crippen LogP contribution in [0.15, 0.2) is 36.4 Å². The number of nitrogens with one attached hydrogen (secondary N) is 1. The van der Waals surface area contributed by atoms with E-state index in [1.54, 1.807) is 18.2 Å². The van der Waals surface area contributed by atoms with E-state index in [1.165, 1.54) is 17.0 Å². The van der Waals surface area contributed by atoms with E-state index in [-0.39, 0.29) is 17.3 Å². The van der Waals surface area contributed by atoms with E-state index in [4.69, 9.17) is 11.5 Å². The van der Waals surface area contributed by atoms with Crippen LogP contribution in [0.25, 0.3) is 5.52 Å². The molecule has 3 rings (SSSR count). The van der Waals surface area contributed by atoms with Crippen molar-refractivity contribution < 1.29 is 18.0 Å². The zero-order valence-electron chi connectivity index (χ0n) is 12.9. The molecule has 1 aliphatic rings. The molecular weight excluding hydrogens is 337 g/mol. The first-order valence-corrected chi connectivity index (χ1v) is 7.37. The van der Waals surface area contributed by atoms with Crippen LogP contribution in [0.3, 0.4) is 0 Å². The molecule has 0 radical (unpaired) electrons. The minimum absolute atomic E-state index is 0.0694. The van der Waals surface area contributed by atoms with Crippen LogP contribution >= 0.6 is 0 Å². The Morgan fingerprint density at radius 2 is 2.16 bits per heavy atom. The number of amides is 1. The van der Waals surface area contributed by atoms with Crippen LogP contribution in [0.2, 0.25) is 0 Å². The summed E-state index contributed by atoms with van der Waals surface area (Å²) in [4.78, 5) is 16.2. The Balaban J connectivity index is 2.06. The number of hydrogen-bond acceptors (Lipinski definition) is 5. The summed E-state index contributed by atoms with van der Waals surface area (Å²) in [7, 11) is 0. The highest BCUT2D eigenvalue weighted by atomic mass is 19.4. The second kappa shape index (κ2) is 6.11. The van der Waals surface area contributed by atoms with Crippen LogP contribution in [-0.4, -0.2) is 33.2 Å². The predicted octanol–water partition coefficient (Wildman–Crippen LogP) is 1.49. The predicted molar refractivity (Wildman–Crippen MR) is 84.6 cm³/mol. The molecular formula is C15H15F3N6O. The van der Waals surface area contributed by atoms with E-state index in [0.29, 0.717) is 23.2 Å². The number of allylic oxidation sites excluding steroid dienone is 3. The number of nitrogens with zero attached hydrogens (tertiary/aromatic N) is 3. The van der Waals surface area contributed by atoms with E-state index in [0.717, 1.165) is 0 Å². The smallest absolute Gasteiger partial charge is 0.399 e. The van der Waals surface area contributed by atoms with Crippen molar-refractivity contribution in [2.45, 2.75) is 18.5 Å². The molecule has 2 heterocycles. The Kier molecular flexibility index (Phi) is 4.11. The van der Waals surface area contributed by atoms with Crippen molar-refractivity contribution in [3.63, 3.8) is 0 Å². The van der Waals surface area contributed by atoms with Crippen molar-refractivity contribution >= 4 is 17.2 Å². The zero-order valence-corrected chi connectivity index (χ0v) is 12.9. The van der Waals surface area contributed by atoms with Crippen LogP contribution in [0.1, 0.15) is 28.3 Å². The van der Waals surface area contributed by atoms with Crippen molar-refractivity contribution in [2.75, 3.05) is 12.3 Å². The Hall–Kier alpha value is -3.04. The van der Waals surface area contributed by atoms with Crippen molar-refractivity contribution in [3.8, 4) is 0 Å². The summed E-state index contributed by atoms with van der Waals surface area (Å²) in [6.07, 6.45) is 3.76. The molecule has 1 unspecified atom stereocenters. The summed E-state index contributed by atoms with van der Waals surface area (Å²) in [5.41, 5.74) is 13.1. The number of fused-ring (bicyclic) bond motifs is 1. The lowest BCUT2D eigenvalue weighted by Gasteiger charge is -2.17. The fourth-order valence-corrected chi connectivity index (χ4v) is 2.74. The number of hydrogen-bond donors (Lipinski definition) is 3. The molecule has 1 atom stereocenters. The topological polar surface area (TPSA) is 111 Å². The van der Waals surface area contributed by atoms with Crippen LogP contribution < -0.4 is 16.8 Å². The Morgan fingerprint density at radius 3 is 2.80 bits per heavy atom. The van der Waals surface area contributed by atoms with Gasteiger partial charge in [0.1, 0.15) is 18.4 Å². The van der Waals surface area contributed by atoms with E-state index >= 15 is 0 Å². The number of nitrogen functional groups attached to an aromatic ring is 1. The van der Waals surface area contributed by atoms with Gasteiger partial charge in [0.25, 0.3) is 5.91 Å². The molecule has 1 amide bonds. The molecule has 7 nitrogen and oxygen atoms in total. The summed E-state index contributed by atoms with van der Waals surface area (Å²) in [6.45, 7) is -1.42. The fourth-order valence-electron chi connectivity index (χ4n) is 2.74. The standard InChI is InChI=1S/C15H15F3N6O/c16-15(17,18)6-21-14(25)10-5-24-12(13(20)22-7-23-24)11(10)8-1-3-9(19)4-2-8/h1,3-5,7-8H,2,6,19H2,(H,21,25)(H2,20,22,23). The lowest BCUT2D eigenvalue weighted by atomic mass is 9.89. The van der Waals surface area contributed by atoms with Gasteiger partial charge in [-0.3, -0.25) is 4.79 Å². The van der Waals surface area contributed by atoms with Gasteiger partial charge in [-0.2, -0.15) is 18.3 Å². The normalized spacial score (nSPS) is 17.6. The van der Waals surface area contributed by atoms with Crippen LogP contribution in [0, 0.1) is 0 Å². The molecule has 2 aromatic heterocycles. The van der Waals surface area contributed by atoms with E-state index in [1.807, 2.05) is 5.32 Å². The van der Waals surface area contributed by atoms with Gasteiger partial charge in [-0.1, -0.05) is 12.2 Å². The van der Waals surface area contributed by atoms with Gasteiger partial charge in [0.2, 0.25) is 0 Å². The van der Waals surface area contributed by atoms with Crippen LogP contribution in [0.5, 0.6) is 0 Å². The lowest BCUT2D eigenvalue weighted by Crippen LogP contribution is -2.34. The maximum Gasteiger partial charge on any atom is 0.405 e. The van der Waals surface area contributed by atoms with Crippen LogP contribution in [0.4, 0.5) is 19.0 Å². The highest BCUT2D eigenvalue weighted by molar-refractivity contribution is 5.99. The number of anilines is 1. The molecule has 25 heavy (non-hydrogen) atoms. The average Bonchev–Trinajstić information content (AvgIpc) is 2.94. The monoisotopic (exact) mass is 352 g/mol. The average molecular weight is 352 g/mol. The highest BCUT2D eigenvalue weighted by Gasteiger charge is 2.30. The van der Waals surface area contributed by atoms with Crippen molar-refractivity contribution in [3.05, 3.63) is 47.6 Å². The van der Waals surface area contributed by atoms with Crippen molar-refractivity contribution in [1.82, 2.24) is 19.9 Å². The lowest BCUT2D eigenvalue weighted by molar-refractivity contribution is -0.123. The first-order valence-electron chi connectivity index (χ1n) is 7.37. The van der Waals surface area contributed by atoms with E-state index in [9.17, 15) is 18.0 Å². The number of carbonyl (C=O) groups is 1. The third-order valence-electron chi connectivity index (χ3n) is 3.83. The van der Waals surface area contributed by atoms with Gasteiger partial charge in [0, 0.05) is 23.4 Å². The van der Waals surface area contributed by atoms with Gasteiger partial charge >= 0.3 is 6.18 Å². The molecule has 0 aliphatic heterocycles. The first-order chi connectivity index (χ1) is 11.8. The molecule has 132 valence electrons. The molecule has 10 heteroatoms. The molecule has 0 spiro atoms. The summed E-state index contributed by atoms with van der Waals surface area (Å²) in [5.74, 6) is -0.999. The van der Waals surface area contributed by atoms with Crippen LogP contribution in [-0.2, 0) is 0 Å². The maximum absolute atomic E-state index is 12.4. The van der Waals surface area contributed by atoms with Gasteiger partial charge < -0.3 is 16.8 Å². The molecule has 5 N–H and O–H groups in total. The molecule has 0 bridgehead atoms. The summed E-state index contributed by atoms with van der Waals surface area (Å²) < 4.78 is 38.6. The molecule has 0 saturated heterocycles. The number of rotatable bonds is 3. The third-order valence-corrected chi connectivity index (χ3v) is 3.83. The number of alkyl halides is 3. The van der Waals surface area contributed by atoms with Gasteiger partial charge in [-0.25, -0.2) is 9.50 Å². The minimum atomic E-state index is -4.50. The maximum atomic E-state index is 12.4. The van der Waals surface area contributed by atoms with Gasteiger partial charge in [-0.15, -0.1) is 0 Å². The summed E-state index contributed by atoms with van der Waals surface area (Å²) in [5, 5.41) is 5.86. The van der Waals surface area contributed by atoms with Crippen molar-refractivity contribution in [1.29, 1.82) is 0 Å². The fraction of sp³-hybridized carbons (Fsp3) is 0.267. The molecule has 0 saturated carbocycles. The summed E-state index contributed by atoms with van der Waals surface area (Å²) in [6, 6.07) is 0. The van der Waals surface area contributed by atoms with Gasteiger partial charge in [0.05, 0.1) is 5.56 Å². The summed E-state index contributed by atoms with van der Waals surface area (Å²) >= 11 is 0. The zero-order chi connectivity index (χ0) is 18.2. The number of aromatic nitrogens is 3. The van der Waals surface area contributed by atoms with Crippen molar-refractivity contribution in [2.24, 2.45) is 5.73 Å². The van der Waals surface area contributed by atoms with E-state index in [2.05, 4.69) is 10.1 Å². The molecule has 0 aromatic carbocycles. The van der Waals surface area contributed by atoms with Gasteiger partial charge in [0.15, 0.2) is 5.82 Å². The Bertz CT molecular complexity index is 883. The SMILES string of the molecule is NC1=CCC(c2c(C(=O)NCC(F)(F)F)cn3ncnc(N)c23)C=C1. The third kappa shape index (κ3) is 3.42. The second-order valence-corrected chi connectivity index (χ2v) is 5.60. The highest BCUT2D eigenvalue weighted by Crippen LogP contribution is 2.34. The molecule has 0 fully saturated rings. The minimum Gasteiger partial charge on any atom is -0.399 e.